The molecule has 0 amide bonds. The number of imidazole rings is 1. The Balaban J connectivity index is 1.22. The SMILES string of the molecule is c1ccc(-c2cc(-c3cccc(N4c5ccccc5-c5cc6ccccc6cc5-n5c4nc4ccccc45)c3)nc(-c3ccccc3)n2)cc1. The van der Waals surface area contributed by atoms with Gasteiger partial charge < -0.3 is 0 Å². The first-order chi connectivity index (χ1) is 24.8. The van der Waals surface area contributed by atoms with Gasteiger partial charge in [0.1, 0.15) is 0 Å². The van der Waals surface area contributed by atoms with Gasteiger partial charge in [-0.25, -0.2) is 15.0 Å². The van der Waals surface area contributed by atoms with E-state index in [2.05, 4.69) is 149 Å². The standard InChI is InChI=1S/C45H29N5/c1-3-14-30(15-4-1)39-29-40(47-44(46-39)31-16-5-2-6-17-31)34-20-13-21-35(26-34)49-41-24-11-9-22-36(41)37-27-32-18-7-8-19-33(32)28-43(37)50-42-25-12-10-23-38(42)48-45(49)50/h1-29H. The highest BCUT2D eigenvalue weighted by atomic mass is 15.3. The summed E-state index contributed by atoms with van der Waals surface area (Å²) in [5.74, 6) is 1.53. The maximum absolute atomic E-state index is 5.32. The van der Waals surface area contributed by atoms with Crippen LogP contribution in [0.1, 0.15) is 0 Å². The van der Waals surface area contributed by atoms with Gasteiger partial charge >= 0.3 is 0 Å². The quantitative estimate of drug-likeness (QED) is 0.192. The average Bonchev–Trinajstić information content (AvgIpc) is 3.52. The van der Waals surface area contributed by atoms with E-state index in [0.717, 1.165) is 73.2 Å². The number of benzene rings is 7. The van der Waals surface area contributed by atoms with Gasteiger partial charge in [-0.1, -0.05) is 127 Å². The summed E-state index contributed by atoms with van der Waals surface area (Å²) in [5.41, 5.74) is 12.2. The van der Waals surface area contributed by atoms with Crippen molar-refractivity contribution in [3.05, 3.63) is 176 Å². The molecule has 7 aromatic carbocycles. The lowest BCUT2D eigenvalue weighted by atomic mass is 9.97. The Morgan fingerprint density at radius 1 is 0.400 bits per heavy atom. The maximum Gasteiger partial charge on any atom is 0.220 e. The Morgan fingerprint density at radius 2 is 1.04 bits per heavy atom. The maximum atomic E-state index is 5.32. The second kappa shape index (κ2) is 11.4. The van der Waals surface area contributed by atoms with E-state index >= 15 is 0 Å². The number of hydrogen-bond acceptors (Lipinski definition) is 4. The van der Waals surface area contributed by atoms with Gasteiger partial charge in [0.2, 0.25) is 5.95 Å². The predicted molar refractivity (Wildman–Crippen MR) is 204 cm³/mol. The highest BCUT2D eigenvalue weighted by Crippen LogP contribution is 2.48. The van der Waals surface area contributed by atoms with E-state index in [1.165, 1.54) is 10.8 Å². The first-order valence-corrected chi connectivity index (χ1v) is 16.8. The summed E-state index contributed by atoms with van der Waals surface area (Å²) in [6.45, 7) is 0. The lowest BCUT2D eigenvalue weighted by molar-refractivity contribution is 1.05. The van der Waals surface area contributed by atoms with Crippen LogP contribution in [0.15, 0.2) is 176 Å². The first kappa shape index (κ1) is 28.2. The molecule has 0 N–H and O–H groups in total. The molecule has 0 aliphatic carbocycles. The normalized spacial score (nSPS) is 12.0. The molecule has 5 nitrogen and oxygen atoms in total. The largest absolute Gasteiger partial charge is 0.280 e. The molecule has 0 unspecified atom stereocenters. The highest BCUT2D eigenvalue weighted by Gasteiger charge is 2.29. The van der Waals surface area contributed by atoms with Crippen LogP contribution in [0, 0.1) is 0 Å². The van der Waals surface area contributed by atoms with Gasteiger partial charge in [-0.3, -0.25) is 9.47 Å². The van der Waals surface area contributed by atoms with E-state index in [4.69, 9.17) is 15.0 Å². The Kier molecular flexibility index (Phi) is 6.42. The smallest absolute Gasteiger partial charge is 0.220 e. The molecule has 2 aromatic heterocycles. The van der Waals surface area contributed by atoms with Crippen LogP contribution in [-0.4, -0.2) is 19.5 Å². The van der Waals surface area contributed by atoms with Crippen LogP contribution in [0.3, 0.4) is 0 Å². The molecule has 0 saturated carbocycles. The number of nitrogens with zero attached hydrogens (tertiary/aromatic N) is 5. The van der Waals surface area contributed by atoms with Crippen LogP contribution in [0.2, 0.25) is 0 Å². The second-order valence-electron chi connectivity index (χ2n) is 12.5. The van der Waals surface area contributed by atoms with Gasteiger partial charge in [-0.15, -0.1) is 0 Å². The number of anilines is 3. The van der Waals surface area contributed by atoms with Gasteiger partial charge in [0.15, 0.2) is 5.82 Å². The molecule has 1 aliphatic heterocycles. The van der Waals surface area contributed by atoms with Crippen molar-refractivity contribution < 1.29 is 0 Å². The fourth-order valence-corrected chi connectivity index (χ4v) is 7.16. The highest BCUT2D eigenvalue weighted by molar-refractivity contribution is 6.01. The number of para-hydroxylation sites is 3. The molecule has 5 heteroatoms. The molecule has 0 spiro atoms. The van der Waals surface area contributed by atoms with Gasteiger partial charge in [-0.2, -0.15) is 0 Å². The van der Waals surface area contributed by atoms with E-state index < -0.39 is 0 Å². The molecule has 10 rings (SSSR count). The Hall–Kier alpha value is -6.85. The number of aromatic nitrogens is 4. The van der Waals surface area contributed by atoms with Gasteiger partial charge in [-0.05, 0) is 59.3 Å². The molecule has 0 fully saturated rings. The molecule has 0 atom stereocenters. The monoisotopic (exact) mass is 639 g/mol. The molecule has 234 valence electrons. The first-order valence-electron chi connectivity index (χ1n) is 16.8. The number of fused-ring (bicyclic) bond motifs is 8. The van der Waals surface area contributed by atoms with Gasteiger partial charge in [0, 0.05) is 33.5 Å². The Labute approximate surface area is 289 Å². The molecule has 0 saturated heterocycles. The van der Waals surface area contributed by atoms with Crippen LogP contribution >= 0.6 is 0 Å². The van der Waals surface area contributed by atoms with Crippen molar-refractivity contribution in [3.8, 4) is 50.7 Å². The van der Waals surface area contributed by atoms with Crippen molar-refractivity contribution in [2.75, 3.05) is 4.90 Å². The lowest BCUT2D eigenvalue weighted by Gasteiger charge is -2.25. The van der Waals surface area contributed by atoms with Crippen LogP contribution in [0.4, 0.5) is 17.3 Å². The summed E-state index contributed by atoms with van der Waals surface area (Å²) in [6, 6.07) is 61.4. The third-order valence-electron chi connectivity index (χ3n) is 9.51. The summed E-state index contributed by atoms with van der Waals surface area (Å²) in [5, 5.41) is 2.39. The topological polar surface area (TPSA) is 46.8 Å². The summed E-state index contributed by atoms with van der Waals surface area (Å²) < 4.78 is 2.31. The van der Waals surface area contributed by atoms with Crippen molar-refractivity contribution in [1.82, 2.24) is 19.5 Å². The molecular weight excluding hydrogens is 611 g/mol. The van der Waals surface area contributed by atoms with Crippen molar-refractivity contribution >= 4 is 39.1 Å². The molecule has 0 bridgehead atoms. The van der Waals surface area contributed by atoms with Crippen molar-refractivity contribution in [2.45, 2.75) is 0 Å². The third kappa shape index (κ3) is 4.60. The van der Waals surface area contributed by atoms with Crippen LogP contribution in [0.25, 0.3) is 72.5 Å². The molecule has 1 aliphatic rings. The second-order valence-corrected chi connectivity index (χ2v) is 12.5. The fourth-order valence-electron chi connectivity index (χ4n) is 7.16. The zero-order valence-electron chi connectivity index (χ0n) is 27.0. The van der Waals surface area contributed by atoms with E-state index in [1.54, 1.807) is 0 Å². The zero-order valence-corrected chi connectivity index (χ0v) is 27.0. The zero-order chi connectivity index (χ0) is 33.0. The Bertz CT molecular complexity index is 2660. The molecule has 0 radical (unpaired) electrons. The minimum Gasteiger partial charge on any atom is -0.280 e. The number of rotatable bonds is 4. The summed E-state index contributed by atoms with van der Waals surface area (Å²) in [6.07, 6.45) is 0. The average molecular weight is 640 g/mol. The summed E-state index contributed by atoms with van der Waals surface area (Å²) >= 11 is 0. The van der Waals surface area contributed by atoms with Crippen molar-refractivity contribution in [1.29, 1.82) is 0 Å². The van der Waals surface area contributed by atoms with Crippen molar-refractivity contribution in [2.24, 2.45) is 0 Å². The minimum atomic E-state index is 0.691. The lowest BCUT2D eigenvalue weighted by Crippen LogP contribution is -2.14. The summed E-state index contributed by atoms with van der Waals surface area (Å²) in [4.78, 5) is 17.8. The Morgan fingerprint density at radius 3 is 1.86 bits per heavy atom. The number of hydrogen-bond donors (Lipinski definition) is 0. The third-order valence-corrected chi connectivity index (χ3v) is 9.51. The molecule has 3 heterocycles. The minimum absolute atomic E-state index is 0.691. The van der Waals surface area contributed by atoms with E-state index in [-0.39, 0.29) is 0 Å². The van der Waals surface area contributed by atoms with E-state index in [1.807, 2.05) is 36.4 Å². The van der Waals surface area contributed by atoms with Crippen LogP contribution in [-0.2, 0) is 0 Å². The molecular formula is C45H29N5. The summed E-state index contributed by atoms with van der Waals surface area (Å²) in [7, 11) is 0. The van der Waals surface area contributed by atoms with E-state index in [9.17, 15) is 0 Å². The predicted octanol–water partition coefficient (Wildman–Crippen LogP) is 11.4. The van der Waals surface area contributed by atoms with Gasteiger partial charge in [0.25, 0.3) is 0 Å². The van der Waals surface area contributed by atoms with Crippen LogP contribution in [0.5, 0.6) is 0 Å². The molecule has 9 aromatic rings. The van der Waals surface area contributed by atoms with Crippen molar-refractivity contribution in [3.63, 3.8) is 0 Å². The van der Waals surface area contributed by atoms with Gasteiger partial charge in [0.05, 0.1) is 33.8 Å². The van der Waals surface area contributed by atoms with E-state index in [0.29, 0.717) is 5.82 Å². The van der Waals surface area contributed by atoms with Crippen LogP contribution < -0.4 is 4.90 Å². The fraction of sp³-hybridized carbons (Fsp3) is 0. The molecule has 50 heavy (non-hydrogen) atoms.